The normalized spacial score (nSPS) is 14.6. The van der Waals surface area contributed by atoms with Crippen LogP contribution in [0.4, 0.5) is 17.1 Å². The molecule has 0 N–H and O–H groups in total. The van der Waals surface area contributed by atoms with E-state index in [-0.39, 0.29) is 10.8 Å². The van der Waals surface area contributed by atoms with E-state index in [1.165, 1.54) is 55.3 Å². The molecule has 0 unspecified atom stereocenters. The molecule has 2 aliphatic carbocycles. The highest BCUT2D eigenvalue weighted by molar-refractivity contribution is 5.95. The van der Waals surface area contributed by atoms with Crippen molar-refractivity contribution in [1.29, 1.82) is 0 Å². The quantitative estimate of drug-likeness (QED) is 0.189. The molecule has 10 rings (SSSR count). The first kappa shape index (κ1) is 29.8. The van der Waals surface area contributed by atoms with Gasteiger partial charge in [0.25, 0.3) is 0 Å². The van der Waals surface area contributed by atoms with E-state index < -0.39 is 0 Å². The minimum absolute atomic E-state index is 0.106. The molecular weight excluding hydrogens is 619 g/mol. The number of aromatic nitrogens is 2. The van der Waals surface area contributed by atoms with Crippen molar-refractivity contribution in [2.24, 2.45) is 0 Å². The highest BCUT2D eigenvalue weighted by atomic mass is 15.1. The van der Waals surface area contributed by atoms with Gasteiger partial charge in [-0.15, -0.1) is 0 Å². The fraction of sp³-hybridized carbons (Fsp3) is 0.125. The van der Waals surface area contributed by atoms with Crippen molar-refractivity contribution >= 4 is 38.6 Å². The summed E-state index contributed by atoms with van der Waals surface area (Å²) < 4.78 is 0. The molecule has 0 atom stereocenters. The van der Waals surface area contributed by atoms with Crippen molar-refractivity contribution in [1.82, 2.24) is 9.97 Å². The van der Waals surface area contributed by atoms with Crippen LogP contribution in [0.25, 0.3) is 55.1 Å². The van der Waals surface area contributed by atoms with Gasteiger partial charge >= 0.3 is 0 Å². The Morgan fingerprint density at radius 1 is 0.412 bits per heavy atom. The Bertz CT molecular complexity index is 2720. The average Bonchev–Trinajstić information content (AvgIpc) is 3.52. The van der Waals surface area contributed by atoms with Crippen LogP contribution in [0.2, 0.25) is 0 Å². The zero-order valence-corrected chi connectivity index (χ0v) is 29.3. The lowest BCUT2D eigenvalue weighted by atomic mass is 9.82. The summed E-state index contributed by atoms with van der Waals surface area (Å²) in [6.07, 6.45) is 5.86. The molecule has 0 bridgehead atoms. The van der Waals surface area contributed by atoms with E-state index in [9.17, 15) is 0 Å². The lowest BCUT2D eigenvalue weighted by Gasteiger charge is -2.29. The SMILES string of the molecule is CC1(C)c2ccccc2-c2ccc(N(c3cncc(-c4cc5ccccc5cn4)c3)c3ccc4c(c3)-c3cc5ccccc5cc3C4(C)C)cc21. The maximum atomic E-state index is 4.87. The Labute approximate surface area is 298 Å². The van der Waals surface area contributed by atoms with Crippen LogP contribution in [-0.2, 0) is 10.8 Å². The molecule has 2 aromatic heterocycles. The summed E-state index contributed by atoms with van der Waals surface area (Å²) in [5, 5.41) is 4.84. The van der Waals surface area contributed by atoms with Crippen LogP contribution in [-0.4, -0.2) is 9.97 Å². The van der Waals surface area contributed by atoms with Crippen LogP contribution in [0.15, 0.2) is 152 Å². The van der Waals surface area contributed by atoms with Crippen LogP contribution in [0, 0.1) is 0 Å². The second kappa shape index (κ2) is 10.7. The van der Waals surface area contributed by atoms with Crippen LogP contribution < -0.4 is 4.90 Å². The summed E-state index contributed by atoms with van der Waals surface area (Å²) in [5.41, 5.74) is 15.5. The zero-order chi connectivity index (χ0) is 34.5. The van der Waals surface area contributed by atoms with Gasteiger partial charge in [0.2, 0.25) is 0 Å². The van der Waals surface area contributed by atoms with Crippen LogP contribution >= 0.6 is 0 Å². The van der Waals surface area contributed by atoms with Gasteiger partial charge < -0.3 is 4.90 Å². The van der Waals surface area contributed by atoms with E-state index in [1.54, 1.807) is 0 Å². The van der Waals surface area contributed by atoms with E-state index in [0.717, 1.165) is 39.1 Å². The number of anilines is 3. The maximum absolute atomic E-state index is 4.87. The largest absolute Gasteiger partial charge is 0.309 e. The summed E-state index contributed by atoms with van der Waals surface area (Å²) >= 11 is 0. The highest BCUT2D eigenvalue weighted by Gasteiger charge is 2.38. The summed E-state index contributed by atoms with van der Waals surface area (Å²) in [4.78, 5) is 12.1. The third kappa shape index (κ3) is 4.44. The van der Waals surface area contributed by atoms with Crippen molar-refractivity contribution in [3.05, 3.63) is 174 Å². The summed E-state index contributed by atoms with van der Waals surface area (Å²) in [7, 11) is 0. The lowest BCUT2D eigenvalue weighted by Crippen LogP contribution is -2.17. The van der Waals surface area contributed by atoms with Gasteiger partial charge in [0.1, 0.15) is 0 Å². The van der Waals surface area contributed by atoms with E-state index >= 15 is 0 Å². The molecule has 2 heterocycles. The molecule has 0 spiro atoms. The number of benzene rings is 6. The van der Waals surface area contributed by atoms with Gasteiger partial charge in [-0.25, -0.2) is 0 Å². The van der Waals surface area contributed by atoms with Gasteiger partial charge in [-0.05, 0) is 109 Å². The number of nitrogens with zero attached hydrogens (tertiary/aromatic N) is 3. The molecule has 2 aliphatic rings. The minimum atomic E-state index is -0.120. The molecule has 0 saturated carbocycles. The minimum Gasteiger partial charge on any atom is -0.309 e. The lowest BCUT2D eigenvalue weighted by molar-refractivity contribution is 0.660. The summed E-state index contributed by atoms with van der Waals surface area (Å²) in [5.74, 6) is 0. The van der Waals surface area contributed by atoms with Crippen molar-refractivity contribution < 1.29 is 0 Å². The van der Waals surface area contributed by atoms with E-state index in [4.69, 9.17) is 9.97 Å². The Morgan fingerprint density at radius 2 is 1.00 bits per heavy atom. The van der Waals surface area contributed by atoms with Gasteiger partial charge in [0, 0.05) is 45.5 Å². The zero-order valence-electron chi connectivity index (χ0n) is 29.3. The Morgan fingerprint density at radius 3 is 1.80 bits per heavy atom. The van der Waals surface area contributed by atoms with Gasteiger partial charge in [-0.2, -0.15) is 0 Å². The van der Waals surface area contributed by atoms with Crippen molar-refractivity contribution in [2.45, 2.75) is 38.5 Å². The molecule has 244 valence electrons. The van der Waals surface area contributed by atoms with Crippen molar-refractivity contribution in [2.75, 3.05) is 4.90 Å². The average molecular weight is 656 g/mol. The molecule has 3 heteroatoms. The van der Waals surface area contributed by atoms with E-state index in [2.05, 4.69) is 166 Å². The van der Waals surface area contributed by atoms with E-state index in [1.807, 2.05) is 18.6 Å². The first-order valence-corrected chi connectivity index (χ1v) is 17.8. The molecule has 0 fully saturated rings. The van der Waals surface area contributed by atoms with Crippen LogP contribution in [0.5, 0.6) is 0 Å². The van der Waals surface area contributed by atoms with Crippen LogP contribution in [0.1, 0.15) is 49.9 Å². The Kier molecular flexibility index (Phi) is 6.27. The van der Waals surface area contributed by atoms with E-state index in [0.29, 0.717) is 0 Å². The van der Waals surface area contributed by atoms with Gasteiger partial charge in [0.15, 0.2) is 0 Å². The first-order valence-electron chi connectivity index (χ1n) is 17.8. The van der Waals surface area contributed by atoms with Gasteiger partial charge in [0.05, 0.1) is 17.6 Å². The molecular formula is C48H37N3. The number of rotatable bonds is 4. The molecule has 6 aromatic carbocycles. The predicted molar refractivity (Wildman–Crippen MR) is 212 cm³/mol. The molecule has 51 heavy (non-hydrogen) atoms. The smallest absolute Gasteiger partial charge is 0.0724 e. The van der Waals surface area contributed by atoms with Crippen LogP contribution in [0.3, 0.4) is 0 Å². The van der Waals surface area contributed by atoms with Gasteiger partial charge in [-0.1, -0.05) is 113 Å². The fourth-order valence-electron chi connectivity index (χ4n) is 8.77. The Hall–Kier alpha value is -6.06. The Balaban J connectivity index is 1.17. The molecule has 8 aromatic rings. The third-order valence-electron chi connectivity index (χ3n) is 11.5. The number of pyridine rings is 2. The standard InChI is InChI=1S/C48H37N3/c1-47(2)42-16-10-9-15-38(42)39-19-17-36(26-45(39)47)51(37-21-34(27-49-29-37)46-24-32-13-7-8-14-33(32)28-50-46)35-18-20-43-41(25-35)40-22-30-11-5-6-12-31(30)23-44(40)48(43,3)4/h5-29H,1-4H3. The van der Waals surface area contributed by atoms with Crippen molar-refractivity contribution in [3.63, 3.8) is 0 Å². The monoisotopic (exact) mass is 655 g/mol. The topological polar surface area (TPSA) is 29.0 Å². The highest BCUT2D eigenvalue weighted by Crippen LogP contribution is 2.53. The summed E-state index contributed by atoms with van der Waals surface area (Å²) in [6, 6.07) is 49.1. The predicted octanol–water partition coefficient (Wildman–Crippen LogP) is 12.5. The first-order chi connectivity index (χ1) is 24.8. The second-order valence-corrected chi connectivity index (χ2v) is 15.2. The fourth-order valence-corrected chi connectivity index (χ4v) is 8.77. The second-order valence-electron chi connectivity index (χ2n) is 15.2. The van der Waals surface area contributed by atoms with Gasteiger partial charge in [-0.3, -0.25) is 9.97 Å². The number of hydrogen-bond acceptors (Lipinski definition) is 3. The number of hydrogen-bond donors (Lipinski definition) is 0. The molecule has 0 saturated heterocycles. The molecule has 0 radical (unpaired) electrons. The molecule has 0 amide bonds. The third-order valence-corrected chi connectivity index (χ3v) is 11.5. The summed E-state index contributed by atoms with van der Waals surface area (Å²) in [6.45, 7) is 9.40. The molecule has 3 nitrogen and oxygen atoms in total. The number of fused-ring (bicyclic) bond motifs is 8. The maximum Gasteiger partial charge on any atom is 0.0724 e. The van der Waals surface area contributed by atoms with Crippen molar-refractivity contribution in [3.8, 4) is 33.5 Å². The molecule has 0 aliphatic heterocycles.